The van der Waals surface area contributed by atoms with Crippen molar-refractivity contribution in [2.24, 2.45) is 7.05 Å². The Morgan fingerprint density at radius 2 is 2.14 bits per heavy atom. The van der Waals surface area contributed by atoms with Crippen LogP contribution in [0.5, 0.6) is 0 Å². The fourth-order valence-corrected chi connectivity index (χ4v) is 5.21. The van der Waals surface area contributed by atoms with Gasteiger partial charge in [-0.05, 0) is 32.7 Å². The Bertz CT molecular complexity index is 605. The Hall–Kier alpha value is -0.920. The van der Waals surface area contributed by atoms with E-state index in [-0.39, 0.29) is 11.1 Å². The molecule has 2 aliphatic rings. The van der Waals surface area contributed by atoms with E-state index in [1.165, 1.54) is 6.42 Å². The number of nitrogens with zero attached hydrogens (tertiary/aromatic N) is 4. The molecule has 0 N–H and O–H groups in total. The van der Waals surface area contributed by atoms with Gasteiger partial charge in [-0.25, -0.2) is 13.4 Å². The van der Waals surface area contributed by atoms with E-state index in [1.54, 1.807) is 15.1 Å². The standard InChI is InChI=1S/C14H24N4O2S/c1-4-12-8-17-7-5-6-13(17)9-18(12)21(19,20)14-10-16(3)11(2)15-14/h10,12-13H,4-9H2,1-3H3/t12-,13-/m1/s1. The van der Waals surface area contributed by atoms with Gasteiger partial charge in [-0.3, -0.25) is 4.90 Å². The summed E-state index contributed by atoms with van der Waals surface area (Å²) in [5.74, 6) is 0.723. The highest BCUT2D eigenvalue weighted by molar-refractivity contribution is 7.89. The van der Waals surface area contributed by atoms with E-state index in [4.69, 9.17) is 0 Å². The van der Waals surface area contributed by atoms with Gasteiger partial charge in [0.2, 0.25) is 0 Å². The minimum atomic E-state index is -3.49. The fraction of sp³-hybridized carbons (Fsp3) is 0.786. The monoisotopic (exact) mass is 312 g/mol. The summed E-state index contributed by atoms with van der Waals surface area (Å²) in [7, 11) is -1.66. The van der Waals surface area contributed by atoms with E-state index in [2.05, 4.69) is 16.8 Å². The summed E-state index contributed by atoms with van der Waals surface area (Å²) in [6, 6.07) is 0.444. The van der Waals surface area contributed by atoms with Gasteiger partial charge < -0.3 is 4.57 Å². The van der Waals surface area contributed by atoms with Crippen molar-refractivity contribution >= 4 is 10.0 Å². The number of hydrogen-bond donors (Lipinski definition) is 0. The first kappa shape index (κ1) is 15.0. The van der Waals surface area contributed by atoms with E-state index in [9.17, 15) is 8.42 Å². The van der Waals surface area contributed by atoms with E-state index in [0.717, 1.165) is 31.8 Å². The second-order valence-electron chi connectivity index (χ2n) is 6.17. The Labute approximate surface area is 126 Å². The lowest BCUT2D eigenvalue weighted by molar-refractivity contribution is 0.106. The van der Waals surface area contributed by atoms with Crippen LogP contribution >= 0.6 is 0 Å². The normalized spacial score (nSPS) is 28.0. The molecule has 3 heterocycles. The van der Waals surface area contributed by atoms with E-state index < -0.39 is 10.0 Å². The molecule has 2 saturated heterocycles. The summed E-state index contributed by atoms with van der Waals surface area (Å²) in [6.45, 7) is 6.46. The quantitative estimate of drug-likeness (QED) is 0.835. The van der Waals surface area contributed by atoms with Gasteiger partial charge in [0, 0.05) is 38.4 Å². The maximum absolute atomic E-state index is 12.9. The maximum atomic E-state index is 12.9. The summed E-state index contributed by atoms with van der Waals surface area (Å²) in [5.41, 5.74) is 0. The number of piperazine rings is 1. The minimum absolute atomic E-state index is 0.0617. The second kappa shape index (κ2) is 5.37. The molecule has 2 atom stereocenters. The molecule has 7 heteroatoms. The first-order valence-electron chi connectivity index (χ1n) is 7.69. The number of hydrogen-bond acceptors (Lipinski definition) is 4. The first-order chi connectivity index (χ1) is 9.93. The number of imidazole rings is 1. The van der Waals surface area contributed by atoms with Crippen LogP contribution in [0.1, 0.15) is 32.0 Å². The third-order valence-corrected chi connectivity index (χ3v) is 6.66. The SMILES string of the molecule is CC[C@@H]1CN2CCC[C@@H]2CN1S(=O)(=O)c1cn(C)c(C)n1. The predicted octanol–water partition coefficient (Wildman–Crippen LogP) is 0.976. The number of aryl methyl sites for hydroxylation is 2. The highest BCUT2D eigenvalue weighted by atomic mass is 32.2. The van der Waals surface area contributed by atoms with E-state index in [1.807, 2.05) is 14.0 Å². The topological polar surface area (TPSA) is 58.4 Å². The lowest BCUT2D eigenvalue weighted by atomic mass is 10.1. The third kappa shape index (κ3) is 2.51. The van der Waals surface area contributed by atoms with Gasteiger partial charge in [0.1, 0.15) is 5.82 Å². The molecular formula is C14H24N4O2S. The van der Waals surface area contributed by atoms with Crippen molar-refractivity contribution in [3.8, 4) is 0 Å². The zero-order valence-corrected chi connectivity index (χ0v) is 13.8. The summed E-state index contributed by atoms with van der Waals surface area (Å²) >= 11 is 0. The molecule has 1 aromatic heterocycles. The molecule has 6 nitrogen and oxygen atoms in total. The second-order valence-corrected chi connectivity index (χ2v) is 8.00. The molecule has 0 saturated carbocycles. The van der Waals surface area contributed by atoms with Crippen LogP contribution in [0.4, 0.5) is 0 Å². The zero-order chi connectivity index (χ0) is 15.2. The summed E-state index contributed by atoms with van der Waals surface area (Å²) in [5, 5.41) is 0.187. The smallest absolute Gasteiger partial charge is 0.262 e. The predicted molar refractivity (Wildman–Crippen MR) is 80.5 cm³/mol. The van der Waals surface area contributed by atoms with Crippen molar-refractivity contribution in [2.75, 3.05) is 19.6 Å². The molecule has 2 aliphatic heterocycles. The molecule has 0 radical (unpaired) electrons. The lowest BCUT2D eigenvalue weighted by Crippen LogP contribution is -2.57. The van der Waals surface area contributed by atoms with Gasteiger partial charge in [0.05, 0.1) is 0 Å². The molecule has 0 bridgehead atoms. The van der Waals surface area contributed by atoms with Gasteiger partial charge in [-0.15, -0.1) is 0 Å². The largest absolute Gasteiger partial charge is 0.337 e. The van der Waals surface area contributed by atoms with Gasteiger partial charge >= 0.3 is 0 Å². The molecule has 1 aromatic rings. The number of rotatable bonds is 3. The van der Waals surface area contributed by atoms with Crippen LogP contribution in [0.25, 0.3) is 0 Å². The molecular weight excluding hydrogens is 288 g/mol. The third-order valence-electron chi connectivity index (χ3n) is 4.87. The zero-order valence-electron chi connectivity index (χ0n) is 13.0. The molecule has 0 aromatic carbocycles. The van der Waals surface area contributed by atoms with Gasteiger partial charge in [-0.2, -0.15) is 4.31 Å². The summed E-state index contributed by atoms with van der Waals surface area (Å²) in [6.07, 6.45) is 4.74. The fourth-order valence-electron chi connectivity index (χ4n) is 3.46. The van der Waals surface area contributed by atoms with Crippen molar-refractivity contribution in [3.05, 3.63) is 12.0 Å². The van der Waals surface area contributed by atoms with Crippen LogP contribution < -0.4 is 0 Å². The Morgan fingerprint density at radius 1 is 1.38 bits per heavy atom. The number of fused-ring (bicyclic) bond motifs is 1. The molecule has 0 unspecified atom stereocenters. The molecule has 2 fully saturated rings. The Balaban J connectivity index is 1.92. The highest BCUT2D eigenvalue weighted by Gasteiger charge is 2.42. The summed E-state index contributed by atoms with van der Waals surface area (Å²) in [4.78, 5) is 6.68. The maximum Gasteiger partial charge on any atom is 0.262 e. The molecule has 0 aliphatic carbocycles. The molecule has 0 spiro atoms. The first-order valence-corrected chi connectivity index (χ1v) is 9.13. The van der Waals surface area contributed by atoms with Crippen molar-refractivity contribution < 1.29 is 8.42 Å². The van der Waals surface area contributed by atoms with E-state index >= 15 is 0 Å². The van der Waals surface area contributed by atoms with Crippen molar-refractivity contribution in [1.29, 1.82) is 0 Å². The van der Waals surface area contributed by atoms with Crippen LogP contribution in [-0.4, -0.2) is 58.9 Å². The lowest BCUT2D eigenvalue weighted by Gasteiger charge is -2.42. The van der Waals surface area contributed by atoms with Crippen LogP contribution in [0, 0.1) is 6.92 Å². The highest BCUT2D eigenvalue weighted by Crippen LogP contribution is 2.29. The Kier molecular flexibility index (Phi) is 3.83. The van der Waals surface area contributed by atoms with Gasteiger partial charge in [0.25, 0.3) is 10.0 Å². The molecule has 0 amide bonds. The molecule has 3 rings (SSSR count). The Morgan fingerprint density at radius 3 is 2.76 bits per heavy atom. The van der Waals surface area contributed by atoms with Crippen molar-refractivity contribution in [2.45, 2.75) is 50.2 Å². The van der Waals surface area contributed by atoms with Crippen LogP contribution in [0.2, 0.25) is 0 Å². The average molecular weight is 312 g/mol. The molecule has 118 valence electrons. The van der Waals surface area contributed by atoms with Crippen LogP contribution in [0.15, 0.2) is 11.2 Å². The van der Waals surface area contributed by atoms with Crippen molar-refractivity contribution in [3.63, 3.8) is 0 Å². The average Bonchev–Trinajstić information content (AvgIpc) is 3.04. The van der Waals surface area contributed by atoms with Gasteiger partial charge in [0.15, 0.2) is 5.03 Å². The molecule has 21 heavy (non-hydrogen) atoms. The van der Waals surface area contributed by atoms with Crippen molar-refractivity contribution in [1.82, 2.24) is 18.8 Å². The minimum Gasteiger partial charge on any atom is -0.337 e. The number of sulfonamides is 1. The van der Waals surface area contributed by atoms with Crippen LogP contribution in [-0.2, 0) is 17.1 Å². The van der Waals surface area contributed by atoms with Crippen LogP contribution in [0.3, 0.4) is 0 Å². The summed E-state index contributed by atoms with van der Waals surface area (Å²) < 4.78 is 29.3. The van der Waals surface area contributed by atoms with E-state index in [0.29, 0.717) is 12.6 Å². The number of aromatic nitrogens is 2. The van der Waals surface area contributed by atoms with Gasteiger partial charge in [-0.1, -0.05) is 6.92 Å².